The highest BCUT2D eigenvalue weighted by Gasteiger charge is 2.10. The lowest BCUT2D eigenvalue weighted by Crippen LogP contribution is -2.24. The van der Waals surface area contributed by atoms with Crippen molar-refractivity contribution in [2.24, 2.45) is 0 Å². The molecule has 2 rings (SSSR count). The summed E-state index contributed by atoms with van der Waals surface area (Å²) >= 11 is 0. The summed E-state index contributed by atoms with van der Waals surface area (Å²) < 4.78 is 18.1. The van der Waals surface area contributed by atoms with Crippen molar-refractivity contribution in [3.8, 4) is 0 Å². The molecular weight excluding hydrogens is 231 g/mol. The fourth-order valence-electron chi connectivity index (χ4n) is 1.88. The zero-order chi connectivity index (χ0) is 12.8. The average Bonchev–Trinajstić information content (AvgIpc) is 2.89. The minimum atomic E-state index is -0.302. The van der Waals surface area contributed by atoms with Crippen molar-refractivity contribution in [1.82, 2.24) is 10.3 Å². The highest BCUT2D eigenvalue weighted by atomic mass is 19.1. The van der Waals surface area contributed by atoms with Gasteiger partial charge in [0, 0.05) is 19.0 Å². The first kappa shape index (κ1) is 12.8. The molecule has 0 aromatic carbocycles. The van der Waals surface area contributed by atoms with Crippen molar-refractivity contribution in [2.75, 3.05) is 6.54 Å². The van der Waals surface area contributed by atoms with Gasteiger partial charge < -0.3 is 9.73 Å². The van der Waals surface area contributed by atoms with Gasteiger partial charge in [0.25, 0.3) is 0 Å². The lowest BCUT2D eigenvalue weighted by Gasteiger charge is -2.15. The van der Waals surface area contributed by atoms with Crippen LogP contribution in [0.15, 0.2) is 41.1 Å². The Morgan fingerprint density at radius 3 is 2.89 bits per heavy atom. The van der Waals surface area contributed by atoms with E-state index >= 15 is 0 Å². The van der Waals surface area contributed by atoms with Crippen molar-refractivity contribution in [1.29, 1.82) is 0 Å². The number of aromatic nitrogens is 1. The summed E-state index contributed by atoms with van der Waals surface area (Å²) in [7, 11) is 0. The number of nitrogens with zero attached hydrogens (tertiary/aromatic N) is 1. The molecule has 18 heavy (non-hydrogen) atoms. The number of rotatable bonds is 6. The molecule has 2 aromatic rings. The van der Waals surface area contributed by atoms with E-state index in [1.54, 1.807) is 12.3 Å². The van der Waals surface area contributed by atoms with Crippen LogP contribution in [0.3, 0.4) is 0 Å². The molecule has 0 radical (unpaired) electrons. The molecule has 0 aliphatic rings. The maximum Gasteiger partial charge on any atom is 0.141 e. The molecule has 2 heterocycles. The van der Waals surface area contributed by atoms with Crippen LogP contribution in [0.1, 0.15) is 30.8 Å². The Bertz CT molecular complexity index is 453. The minimum absolute atomic E-state index is 0.153. The van der Waals surface area contributed by atoms with Crippen LogP contribution in [0, 0.1) is 5.82 Å². The van der Waals surface area contributed by atoms with Crippen LogP contribution in [-0.2, 0) is 6.42 Å². The van der Waals surface area contributed by atoms with E-state index in [0.29, 0.717) is 0 Å². The molecule has 0 aliphatic carbocycles. The molecule has 1 unspecified atom stereocenters. The highest BCUT2D eigenvalue weighted by molar-refractivity contribution is 5.10. The summed E-state index contributed by atoms with van der Waals surface area (Å²) in [5.41, 5.74) is 0.873. The van der Waals surface area contributed by atoms with Gasteiger partial charge >= 0.3 is 0 Å². The van der Waals surface area contributed by atoms with Crippen LogP contribution in [0.4, 0.5) is 4.39 Å². The minimum Gasteiger partial charge on any atom is -0.469 e. The van der Waals surface area contributed by atoms with E-state index in [0.717, 1.165) is 30.8 Å². The van der Waals surface area contributed by atoms with Crippen LogP contribution in [0.5, 0.6) is 0 Å². The van der Waals surface area contributed by atoms with Crippen molar-refractivity contribution >= 4 is 0 Å². The van der Waals surface area contributed by atoms with E-state index in [2.05, 4.69) is 17.2 Å². The van der Waals surface area contributed by atoms with E-state index in [4.69, 9.17) is 4.42 Å². The Balaban J connectivity index is 1.87. The molecule has 96 valence electrons. The molecular formula is C14H17FN2O. The monoisotopic (exact) mass is 248 g/mol. The maximum absolute atomic E-state index is 12.8. The Kier molecular flexibility index (Phi) is 4.47. The molecule has 0 fully saturated rings. The van der Waals surface area contributed by atoms with Gasteiger partial charge in [0.15, 0.2) is 0 Å². The fourth-order valence-corrected chi connectivity index (χ4v) is 1.88. The smallest absolute Gasteiger partial charge is 0.141 e. The summed E-state index contributed by atoms with van der Waals surface area (Å²) in [4.78, 5) is 4.10. The third-order valence-corrected chi connectivity index (χ3v) is 2.86. The van der Waals surface area contributed by atoms with Gasteiger partial charge in [-0.05, 0) is 30.7 Å². The Morgan fingerprint density at radius 1 is 1.39 bits per heavy atom. The van der Waals surface area contributed by atoms with Gasteiger partial charge in [0.2, 0.25) is 0 Å². The molecule has 2 aromatic heterocycles. The van der Waals surface area contributed by atoms with Gasteiger partial charge in [-0.2, -0.15) is 0 Å². The van der Waals surface area contributed by atoms with Gasteiger partial charge in [-0.15, -0.1) is 0 Å². The predicted molar refractivity (Wildman–Crippen MR) is 67.6 cm³/mol. The lowest BCUT2D eigenvalue weighted by atomic mass is 10.1. The third-order valence-electron chi connectivity index (χ3n) is 2.86. The van der Waals surface area contributed by atoms with Crippen LogP contribution in [0.25, 0.3) is 0 Å². The topological polar surface area (TPSA) is 38.1 Å². The Hall–Kier alpha value is -1.68. The van der Waals surface area contributed by atoms with Gasteiger partial charge in [-0.25, -0.2) is 4.39 Å². The quantitative estimate of drug-likeness (QED) is 0.853. The van der Waals surface area contributed by atoms with E-state index < -0.39 is 0 Å². The second kappa shape index (κ2) is 6.31. The zero-order valence-electron chi connectivity index (χ0n) is 10.4. The van der Waals surface area contributed by atoms with E-state index in [1.807, 2.05) is 12.1 Å². The first-order valence-corrected chi connectivity index (χ1v) is 6.17. The molecule has 1 atom stereocenters. The number of furan rings is 1. The van der Waals surface area contributed by atoms with Gasteiger partial charge in [0.1, 0.15) is 11.6 Å². The second-order valence-electron chi connectivity index (χ2n) is 4.15. The maximum atomic E-state index is 12.8. The zero-order valence-corrected chi connectivity index (χ0v) is 10.4. The number of hydrogen-bond donors (Lipinski definition) is 1. The van der Waals surface area contributed by atoms with Crippen molar-refractivity contribution in [2.45, 2.75) is 25.8 Å². The summed E-state index contributed by atoms with van der Waals surface area (Å²) in [5.74, 6) is 0.661. The first-order chi connectivity index (χ1) is 8.79. The summed E-state index contributed by atoms with van der Waals surface area (Å²) in [6.07, 6.45) is 4.68. The van der Waals surface area contributed by atoms with E-state index in [-0.39, 0.29) is 11.9 Å². The molecule has 0 amide bonds. The van der Waals surface area contributed by atoms with Gasteiger partial charge in [-0.1, -0.05) is 6.92 Å². The molecule has 4 heteroatoms. The van der Waals surface area contributed by atoms with E-state index in [9.17, 15) is 4.39 Å². The van der Waals surface area contributed by atoms with Crippen molar-refractivity contribution < 1.29 is 8.81 Å². The predicted octanol–water partition coefficient (Wildman–Crippen LogP) is 3.10. The normalized spacial score (nSPS) is 12.6. The lowest BCUT2D eigenvalue weighted by molar-refractivity contribution is 0.466. The molecule has 0 aliphatic heterocycles. The first-order valence-electron chi connectivity index (χ1n) is 6.17. The number of halogens is 1. The molecule has 0 bridgehead atoms. The summed E-state index contributed by atoms with van der Waals surface area (Å²) in [6, 6.07) is 7.16. The van der Waals surface area contributed by atoms with Crippen LogP contribution in [-0.4, -0.2) is 11.5 Å². The number of nitrogens with one attached hydrogen (secondary N) is 1. The largest absolute Gasteiger partial charge is 0.469 e. The van der Waals surface area contributed by atoms with Gasteiger partial charge in [0.05, 0.1) is 18.2 Å². The standard InChI is InChI=1S/C14H17FN2O/c1-2-13(14-6-5-11(15)10-17-14)16-8-7-12-4-3-9-18-12/h3-6,9-10,13,16H,2,7-8H2,1H3. The Morgan fingerprint density at radius 2 is 2.28 bits per heavy atom. The van der Waals surface area contributed by atoms with Crippen LogP contribution >= 0.6 is 0 Å². The molecule has 0 spiro atoms. The average molecular weight is 248 g/mol. The van der Waals surface area contributed by atoms with Crippen LogP contribution in [0.2, 0.25) is 0 Å². The SMILES string of the molecule is CCC(NCCc1ccco1)c1ccc(F)cn1. The molecule has 3 nitrogen and oxygen atoms in total. The summed E-state index contributed by atoms with van der Waals surface area (Å²) in [6.45, 7) is 2.89. The second-order valence-corrected chi connectivity index (χ2v) is 4.15. The molecule has 1 N–H and O–H groups in total. The van der Waals surface area contributed by atoms with Crippen molar-refractivity contribution in [3.05, 3.63) is 54.0 Å². The highest BCUT2D eigenvalue weighted by Crippen LogP contribution is 2.14. The van der Waals surface area contributed by atoms with Crippen molar-refractivity contribution in [3.63, 3.8) is 0 Å². The third kappa shape index (κ3) is 3.40. The number of hydrogen-bond acceptors (Lipinski definition) is 3. The van der Waals surface area contributed by atoms with E-state index in [1.165, 1.54) is 12.3 Å². The van der Waals surface area contributed by atoms with Gasteiger partial charge in [-0.3, -0.25) is 4.98 Å². The summed E-state index contributed by atoms with van der Waals surface area (Å²) in [5, 5.41) is 3.40. The Labute approximate surface area is 106 Å². The molecule has 0 saturated carbocycles. The molecule has 0 saturated heterocycles. The fraction of sp³-hybridized carbons (Fsp3) is 0.357. The number of pyridine rings is 1. The van der Waals surface area contributed by atoms with Crippen LogP contribution < -0.4 is 5.32 Å².